The molecule has 2 heterocycles. The van der Waals surface area contributed by atoms with E-state index in [1.807, 2.05) is 60.8 Å². The molecule has 2 aromatic rings. The van der Waals surface area contributed by atoms with E-state index in [2.05, 4.69) is 9.98 Å². The van der Waals surface area contributed by atoms with Gasteiger partial charge in [-0.3, -0.25) is 0 Å². The zero-order valence-corrected chi connectivity index (χ0v) is 10.6. The number of nitrogens with zero attached hydrogens (tertiary/aromatic N) is 1. The van der Waals surface area contributed by atoms with Gasteiger partial charge in [-0.25, -0.2) is 4.99 Å². The summed E-state index contributed by atoms with van der Waals surface area (Å²) >= 11 is 0. The van der Waals surface area contributed by atoms with Crippen molar-refractivity contribution >= 4 is 11.8 Å². The summed E-state index contributed by atoms with van der Waals surface area (Å²) in [6.45, 7) is 0. The highest BCUT2D eigenvalue weighted by molar-refractivity contribution is 6.12. The van der Waals surface area contributed by atoms with E-state index in [-0.39, 0.29) is 0 Å². The van der Waals surface area contributed by atoms with Crippen LogP contribution in [0.15, 0.2) is 71.2 Å². The molecular weight excluding hydrogens is 236 g/mol. The number of H-pyrrole nitrogens is 1. The Labute approximate surface area is 112 Å². The number of allylic oxidation sites excluding steroid dienone is 1. The molecule has 0 unspecified atom stereocenters. The maximum atomic E-state index is 5.39. The van der Waals surface area contributed by atoms with Gasteiger partial charge in [0.25, 0.3) is 0 Å². The van der Waals surface area contributed by atoms with E-state index in [1.54, 1.807) is 7.11 Å². The first-order chi connectivity index (χ1) is 9.36. The van der Waals surface area contributed by atoms with Gasteiger partial charge in [-0.2, -0.15) is 0 Å². The summed E-state index contributed by atoms with van der Waals surface area (Å²) in [6, 6.07) is 14.0. The highest BCUT2D eigenvalue weighted by atomic mass is 16.5. The van der Waals surface area contributed by atoms with Gasteiger partial charge >= 0.3 is 0 Å². The molecule has 0 spiro atoms. The second kappa shape index (κ2) is 4.98. The second-order valence-corrected chi connectivity index (χ2v) is 4.23. The molecule has 0 saturated heterocycles. The van der Waals surface area contributed by atoms with Crippen molar-refractivity contribution in [1.29, 1.82) is 0 Å². The Hall–Kier alpha value is -2.55. The van der Waals surface area contributed by atoms with Crippen LogP contribution >= 0.6 is 0 Å². The molecule has 0 bridgehead atoms. The van der Waals surface area contributed by atoms with Crippen LogP contribution in [0, 0.1) is 0 Å². The Kier molecular flexibility index (Phi) is 3.02. The molecule has 1 aliphatic heterocycles. The van der Waals surface area contributed by atoms with E-state index >= 15 is 0 Å². The van der Waals surface area contributed by atoms with Crippen LogP contribution in [0.1, 0.15) is 11.3 Å². The van der Waals surface area contributed by atoms with E-state index in [9.17, 15) is 0 Å². The Balaban J connectivity index is 1.99. The molecule has 0 amide bonds. The third-order valence-corrected chi connectivity index (χ3v) is 2.96. The van der Waals surface area contributed by atoms with Crippen LogP contribution in [0.5, 0.6) is 0 Å². The smallest absolute Gasteiger partial charge is 0.146 e. The monoisotopic (exact) mass is 250 g/mol. The number of aliphatic imine (C=N–C) groups is 1. The SMILES string of the molecule is COC1=CC(c2ccccc2)=N/C1=C\c1ccc[nH]1. The summed E-state index contributed by atoms with van der Waals surface area (Å²) in [5.74, 6) is 0.786. The van der Waals surface area contributed by atoms with E-state index in [0.717, 1.165) is 28.4 Å². The van der Waals surface area contributed by atoms with E-state index in [1.165, 1.54) is 0 Å². The van der Waals surface area contributed by atoms with Crippen molar-refractivity contribution in [2.45, 2.75) is 0 Å². The topological polar surface area (TPSA) is 37.4 Å². The van der Waals surface area contributed by atoms with Gasteiger partial charge in [-0.15, -0.1) is 0 Å². The highest BCUT2D eigenvalue weighted by Crippen LogP contribution is 2.24. The Bertz CT molecular complexity index is 649. The summed E-state index contributed by atoms with van der Waals surface area (Å²) < 4.78 is 5.39. The molecule has 3 rings (SSSR count). The number of nitrogens with one attached hydrogen (secondary N) is 1. The van der Waals surface area contributed by atoms with Crippen molar-refractivity contribution in [3.63, 3.8) is 0 Å². The molecule has 0 fully saturated rings. The first-order valence-corrected chi connectivity index (χ1v) is 6.12. The first-order valence-electron chi connectivity index (χ1n) is 6.12. The van der Waals surface area contributed by atoms with Crippen LogP contribution in [-0.4, -0.2) is 17.8 Å². The summed E-state index contributed by atoms with van der Waals surface area (Å²) in [6.07, 6.45) is 5.83. The van der Waals surface area contributed by atoms with Crippen molar-refractivity contribution in [2.75, 3.05) is 7.11 Å². The van der Waals surface area contributed by atoms with Gasteiger partial charge in [0.1, 0.15) is 11.5 Å². The van der Waals surface area contributed by atoms with Crippen LogP contribution < -0.4 is 0 Å². The first kappa shape index (κ1) is 11.5. The molecule has 1 aromatic carbocycles. The molecule has 19 heavy (non-hydrogen) atoms. The number of aromatic nitrogens is 1. The number of methoxy groups -OCH3 is 1. The predicted molar refractivity (Wildman–Crippen MR) is 76.8 cm³/mol. The summed E-state index contributed by atoms with van der Waals surface area (Å²) in [7, 11) is 1.66. The molecule has 1 aliphatic rings. The van der Waals surface area contributed by atoms with Crippen molar-refractivity contribution in [2.24, 2.45) is 4.99 Å². The van der Waals surface area contributed by atoms with Crippen LogP contribution in [-0.2, 0) is 4.74 Å². The molecule has 0 atom stereocenters. The maximum absolute atomic E-state index is 5.39. The minimum atomic E-state index is 0.786. The molecule has 94 valence electrons. The molecule has 0 aliphatic carbocycles. The number of ether oxygens (including phenoxy) is 1. The maximum Gasteiger partial charge on any atom is 0.146 e. The average Bonchev–Trinajstić information content (AvgIpc) is 3.10. The van der Waals surface area contributed by atoms with Crippen LogP contribution in [0.2, 0.25) is 0 Å². The fourth-order valence-electron chi connectivity index (χ4n) is 2.02. The van der Waals surface area contributed by atoms with Crippen molar-refractivity contribution in [3.05, 3.63) is 77.5 Å². The number of rotatable bonds is 3. The van der Waals surface area contributed by atoms with Crippen molar-refractivity contribution < 1.29 is 4.74 Å². The second-order valence-electron chi connectivity index (χ2n) is 4.23. The Morgan fingerprint density at radius 1 is 1.11 bits per heavy atom. The highest BCUT2D eigenvalue weighted by Gasteiger charge is 2.16. The molecule has 0 saturated carbocycles. The zero-order chi connectivity index (χ0) is 13.1. The lowest BCUT2D eigenvalue weighted by Gasteiger charge is -2.00. The van der Waals surface area contributed by atoms with Gasteiger partial charge in [0.15, 0.2) is 0 Å². The predicted octanol–water partition coefficient (Wildman–Crippen LogP) is 3.39. The fraction of sp³-hybridized carbons (Fsp3) is 0.0625. The molecule has 1 N–H and O–H groups in total. The minimum absolute atomic E-state index is 0.786. The number of hydrogen-bond donors (Lipinski definition) is 1. The average molecular weight is 250 g/mol. The van der Waals surface area contributed by atoms with Gasteiger partial charge in [0, 0.05) is 23.5 Å². The zero-order valence-electron chi connectivity index (χ0n) is 10.6. The largest absolute Gasteiger partial charge is 0.494 e. The minimum Gasteiger partial charge on any atom is -0.494 e. The summed E-state index contributed by atoms with van der Waals surface area (Å²) in [5, 5.41) is 0. The van der Waals surface area contributed by atoms with Crippen LogP contribution in [0.3, 0.4) is 0 Å². The van der Waals surface area contributed by atoms with E-state index in [0.29, 0.717) is 0 Å². The quantitative estimate of drug-likeness (QED) is 0.890. The molecule has 3 nitrogen and oxygen atoms in total. The summed E-state index contributed by atoms with van der Waals surface area (Å²) in [5.41, 5.74) is 3.86. The molecule has 0 radical (unpaired) electrons. The van der Waals surface area contributed by atoms with E-state index < -0.39 is 0 Å². The Morgan fingerprint density at radius 2 is 1.95 bits per heavy atom. The molecular formula is C16H14N2O. The van der Waals surface area contributed by atoms with Crippen molar-refractivity contribution in [3.8, 4) is 0 Å². The van der Waals surface area contributed by atoms with Gasteiger partial charge in [-0.1, -0.05) is 30.3 Å². The van der Waals surface area contributed by atoms with Crippen LogP contribution in [0.4, 0.5) is 0 Å². The lowest BCUT2D eigenvalue weighted by Crippen LogP contribution is -1.92. The van der Waals surface area contributed by atoms with Crippen molar-refractivity contribution in [1.82, 2.24) is 4.98 Å². The van der Waals surface area contributed by atoms with Gasteiger partial charge in [0.2, 0.25) is 0 Å². The van der Waals surface area contributed by atoms with Crippen LogP contribution in [0.25, 0.3) is 6.08 Å². The Morgan fingerprint density at radius 3 is 2.63 bits per heavy atom. The number of hydrogen-bond acceptors (Lipinski definition) is 2. The third kappa shape index (κ3) is 2.36. The normalized spacial score (nSPS) is 16.4. The molecule has 3 heteroatoms. The fourth-order valence-corrected chi connectivity index (χ4v) is 2.02. The van der Waals surface area contributed by atoms with E-state index in [4.69, 9.17) is 4.74 Å². The number of benzene rings is 1. The lowest BCUT2D eigenvalue weighted by atomic mass is 10.1. The standard InChI is InChI=1S/C16H14N2O/c1-19-16-11-14(12-6-3-2-4-7-12)18-15(16)10-13-8-5-9-17-13/h2-11,17H,1H3/b15-10-. The molecule has 1 aromatic heterocycles. The van der Waals surface area contributed by atoms with Gasteiger partial charge in [-0.05, 0) is 18.2 Å². The van der Waals surface area contributed by atoms with Gasteiger partial charge < -0.3 is 9.72 Å². The lowest BCUT2D eigenvalue weighted by molar-refractivity contribution is 0.303. The summed E-state index contributed by atoms with van der Waals surface area (Å²) in [4.78, 5) is 7.76. The van der Waals surface area contributed by atoms with Gasteiger partial charge in [0.05, 0.1) is 12.8 Å². The third-order valence-electron chi connectivity index (χ3n) is 2.96. The number of aromatic amines is 1.